The molecule has 0 aliphatic rings. The molecule has 0 saturated carbocycles. The third-order valence-electron chi connectivity index (χ3n) is 3.36. The van der Waals surface area contributed by atoms with Crippen molar-refractivity contribution in [2.45, 2.75) is 6.18 Å². The first-order valence-corrected chi connectivity index (χ1v) is 7.17. The lowest BCUT2D eigenvalue weighted by atomic mass is 10.1. The summed E-state index contributed by atoms with van der Waals surface area (Å²) in [5.41, 5.74) is 0.412. The van der Waals surface area contributed by atoms with Crippen LogP contribution in [0.1, 0.15) is 21.6 Å². The molecule has 0 aliphatic heterocycles. The van der Waals surface area contributed by atoms with Gasteiger partial charge in [0.15, 0.2) is 0 Å². The quantitative estimate of drug-likeness (QED) is 0.767. The van der Waals surface area contributed by atoms with Crippen LogP contribution < -0.4 is 5.32 Å². The van der Waals surface area contributed by atoms with Gasteiger partial charge in [0.2, 0.25) is 0 Å². The molecule has 130 valence electrons. The molecule has 6 nitrogen and oxygen atoms in total. The third-order valence-corrected chi connectivity index (χ3v) is 3.36. The minimum atomic E-state index is -4.53. The van der Waals surface area contributed by atoms with Crippen LogP contribution in [-0.4, -0.2) is 15.9 Å². The summed E-state index contributed by atoms with van der Waals surface area (Å²) in [6, 6.07) is 10.1. The van der Waals surface area contributed by atoms with Crippen LogP contribution in [0.4, 0.5) is 19.2 Å². The fourth-order valence-corrected chi connectivity index (χ4v) is 2.04. The molecule has 0 radical (unpaired) electrons. The van der Waals surface area contributed by atoms with Gasteiger partial charge in [-0.15, -0.1) is 0 Å². The Morgan fingerprint density at radius 1 is 1.15 bits per heavy atom. The first-order chi connectivity index (χ1) is 12.4. The highest BCUT2D eigenvalue weighted by atomic mass is 19.4. The third kappa shape index (κ3) is 3.70. The molecule has 0 saturated heterocycles. The van der Waals surface area contributed by atoms with Gasteiger partial charge in [0, 0.05) is 11.8 Å². The lowest BCUT2D eigenvalue weighted by Crippen LogP contribution is -2.15. The minimum absolute atomic E-state index is 0.129. The number of benzene rings is 1. The van der Waals surface area contributed by atoms with Gasteiger partial charge in [-0.05, 0) is 24.3 Å². The van der Waals surface area contributed by atoms with Crippen LogP contribution in [0.15, 0.2) is 53.3 Å². The number of oxazole rings is 1. The van der Waals surface area contributed by atoms with Gasteiger partial charge in [-0.1, -0.05) is 12.1 Å². The summed E-state index contributed by atoms with van der Waals surface area (Å²) in [5, 5.41) is 11.1. The van der Waals surface area contributed by atoms with Gasteiger partial charge in [0.25, 0.3) is 5.91 Å². The molecular formula is C17H9F3N4O2. The molecular weight excluding hydrogens is 349 g/mol. The Labute approximate surface area is 144 Å². The molecule has 1 amide bonds. The van der Waals surface area contributed by atoms with Crippen LogP contribution >= 0.6 is 0 Å². The number of anilines is 1. The number of hydrogen-bond acceptors (Lipinski definition) is 5. The zero-order chi connectivity index (χ0) is 18.7. The molecule has 1 aromatic carbocycles. The van der Waals surface area contributed by atoms with E-state index in [9.17, 15) is 18.0 Å². The zero-order valence-corrected chi connectivity index (χ0v) is 12.9. The van der Waals surface area contributed by atoms with Gasteiger partial charge < -0.3 is 4.42 Å². The van der Waals surface area contributed by atoms with E-state index in [1.807, 2.05) is 6.07 Å². The topological polar surface area (TPSA) is 91.8 Å². The van der Waals surface area contributed by atoms with Crippen molar-refractivity contribution in [3.05, 3.63) is 65.7 Å². The predicted octanol–water partition coefficient (Wildman–Crippen LogP) is 3.88. The number of nitriles is 1. The second-order valence-electron chi connectivity index (χ2n) is 5.11. The smallest absolute Gasteiger partial charge is 0.417 e. The van der Waals surface area contributed by atoms with Gasteiger partial charge in [-0.2, -0.15) is 23.4 Å². The molecule has 0 unspecified atom stereocenters. The van der Waals surface area contributed by atoms with Crippen molar-refractivity contribution in [2.24, 2.45) is 0 Å². The summed E-state index contributed by atoms with van der Waals surface area (Å²) in [5.74, 6) is -0.757. The zero-order valence-electron chi connectivity index (χ0n) is 12.9. The van der Waals surface area contributed by atoms with Crippen molar-refractivity contribution in [1.29, 1.82) is 5.26 Å². The number of hydrogen-bond donors (Lipinski definition) is 1. The van der Waals surface area contributed by atoms with E-state index in [-0.39, 0.29) is 11.7 Å². The largest absolute Gasteiger partial charge is 0.431 e. The SMILES string of the molecule is N#Cc1ccc(-c2coc(NC(=O)c3ccc(C(F)(F)F)cn3)n2)cc1. The maximum absolute atomic E-state index is 12.5. The average Bonchev–Trinajstić information content (AvgIpc) is 3.09. The highest BCUT2D eigenvalue weighted by molar-refractivity contribution is 6.01. The monoisotopic (exact) mass is 358 g/mol. The number of amides is 1. The molecule has 0 bridgehead atoms. The van der Waals surface area contributed by atoms with Crippen molar-refractivity contribution >= 4 is 11.9 Å². The van der Waals surface area contributed by atoms with Crippen LogP contribution in [-0.2, 0) is 6.18 Å². The standard InChI is InChI=1S/C17H9F3N4O2/c18-17(19,20)12-5-6-13(22-8-12)15(25)24-16-23-14(9-26-16)11-3-1-10(7-21)2-4-11/h1-6,8-9H,(H,23,24,25). The number of carbonyl (C=O) groups is 1. The average molecular weight is 358 g/mol. The Kier molecular flexibility index (Phi) is 4.41. The Hall–Kier alpha value is -3.67. The van der Waals surface area contributed by atoms with Gasteiger partial charge in [0.1, 0.15) is 17.7 Å². The number of nitrogens with zero attached hydrogens (tertiary/aromatic N) is 3. The summed E-state index contributed by atoms with van der Waals surface area (Å²) in [6.45, 7) is 0. The Bertz CT molecular complexity index is 971. The van der Waals surface area contributed by atoms with Crippen LogP contribution in [0.5, 0.6) is 0 Å². The van der Waals surface area contributed by atoms with E-state index in [2.05, 4.69) is 15.3 Å². The lowest BCUT2D eigenvalue weighted by molar-refractivity contribution is -0.137. The normalized spacial score (nSPS) is 11.0. The first-order valence-electron chi connectivity index (χ1n) is 7.17. The van der Waals surface area contributed by atoms with Crippen LogP contribution in [0.2, 0.25) is 0 Å². The molecule has 2 heterocycles. The Morgan fingerprint density at radius 3 is 2.46 bits per heavy atom. The van der Waals surface area contributed by atoms with Gasteiger partial charge in [-0.25, -0.2) is 0 Å². The number of halogens is 3. The lowest BCUT2D eigenvalue weighted by Gasteiger charge is -2.06. The summed E-state index contributed by atoms with van der Waals surface area (Å²) in [6.07, 6.45) is -2.65. The van der Waals surface area contributed by atoms with E-state index in [1.54, 1.807) is 24.3 Å². The fourth-order valence-electron chi connectivity index (χ4n) is 2.04. The molecule has 0 fully saturated rings. The maximum atomic E-state index is 12.5. The highest BCUT2D eigenvalue weighted by Gasteiger charge is 2.31. The van der Waals surface area contributed by atoms with Crippen LogP contribution in [0.3, 0.4) is 0 Å². The minimum Gasteiger partial charge on any atom is -0.431 e. The number of rotatable bonds is 3. The van der Waals surface area contributed by atoms with E-state index in [4.69, 9.17) is 9.68 Å². The second kappa shape index (κ2) is 6.68. The van der Waals surface area contributed by atoms with Crippen molar-refractivity contribution in [3.63, 3.8) is 0 Å². The number of carbonyl (C=O) groups excluding carboxylic acids is 1. The van der Waals surface area contributed by atoms with E-state index in [1.165, 1.54) is 6.26 Å². The highest BCUT2D eigenvalue weighted by Crippen LogP contribution is 2.28. The number of aromatic nitrogens is 2. The molecule has 3 aromatic rings. The summed E-state index contributed by atoms with van der Waals surface area (Å²) in [7, 11) is 0. The first kappa shape index (κ1) is 17.2. The summed E-state index contributed by atoms with van der Waals surface area (Å²) >= 11 is 0. The molecule has 1 N–H and O–H groups in total. The van der Waals surface area contributed by atoms with E-state index < -0.39 is 17.6 Å². The number of alkyl halides is 3. The maximum Gasteiger partial charge on any atom is 0.417 e. The van der Waals surface area contributed by atoms with Crippen molar-refractivity contribution in [2.75, 3.05) is 5.32 Å². The van der Waals surface area contributed by atoms with Crippen LogP contribution in [0, 0.1) is 11.3 Å². The van der Waals surface area contributed by atoms with Crippen molar-refractivity contribution in [1.82, 2.24) is 9.97 Å². The van der Waals surface area contributed by atoms with E-state index >= 15 is 0 Å². The molecule has 26 heavy (non-hydrogen) atoms. The summed E-state index contributed by atoms with van der Waals surface area (Å²) < 4.78 is 42.6. The summed E-state index contributed by atoms with van der Waals surface area (Å²) in [4.78, 5) is 19.6. The van der Waals surface area contributed by atoms with E-state index in [0.29, 0.717) is 23.0 Å². The fraction of sp³-hybridized carbons (Fsp3) is 0.0588. The van der Waals surface area contributed by atoms with Gasteiger partial charge in [0.05, 0.1) is 17.2 Å². The molecule has 0 aliphatic carbocycles. The van der Waals surface area contributed by atoms with Crippen LogP contribution in [0.25, 0.3) is 11.3 Å². The van der Waals surface area contributed by atoms with E-state index in [0.717, 1.165) is 12.1 Å². The van der Waals surface area contributed by atoms with Gasteiger partial charge in [-0.3, -0.25) is 15.1 Å². The van der Waals surface area contributed by atoms with Crippen molar-refractivity contribution in [3.8, 4) is 17.3 Å². The number of pyridine rings is 1. The predicted molar refractivity (Wildman–Crippen MR) is 83.8 cm³/mol. The molecule has 0 spiro atoms. The number of nitrogens with one attached hydrogen (secondary N) is 1. The van der Waals surface area contributed by atoms with Gasteiger partial charge >= 0.3 is 12.2 Å². The molecule has 2 aromatic heterocycles. The second-order valence-corrected chi connectivity index (χ2v) is 5.11. The van der Waals surface area contributed by atoms with Crippen molar-refractivity contribution < 1.29 is 22.4 Å². The molecule has 0 atom stereocenters. The molecule has 3 rings (SSSR count). The Morgan fingerprint density at radius 2 is 1.88 bits per heavy atom. The molecule has 9 heteroatoms. The Balaban J connectivity index is 1.72.